The Morgan fingerprint density at radius 2 is 0.750 bits per heavy atom. The number of hydrogen-bond donors (Lipinski definition) is 0. The number of hydrogen-bond acceptors (Lipinski definition) is 8. The van der Waals surface area contributed by atoms with Crippen molar-refractivity contribution in [1.82, 2.24) is 0 Å². The first kappa shape index (κ1) is 69.5. The summed E-state index contributed by atoms with van der Waals surface area (Å²) >= 11 is 0. The predicted octanol–water partition coefficient (Wildman–Crippen LogP) is 16.7. The highest BCUT2D eigenvalue weighted by Gasteiger charge is 2.22. The van der Waals surface area contributed by atoms with Crippen molar-refractivity contribution in [3.63, 3.8) is 0 Å². The second kappa shape index (κ2) is 54.8. The maximum Gasteiger partial charge on any atom is 0.306 e. The van der Waals surface area contributed by atoms with Crippen molar-refractivity contribution in [3.05, 3.63) is 36.5 Å². The van der Waals surface area contributed by atoms with E-state index in [1.807, 2.05) is 21.1 Å². The van der Waals surface area contributed by atoms with Crippen LogP contribution in [0, 0.1) is 0 Å². The molecule has 0 radical (unpaired) electrons. The minimum atomic E-state index is -1.62. The van der Waals surface area contributed by atoms with Crippen LogP contribution >= 0.6 is 0 Å². The van der Waals surface area contributed by atoms with Gasteiger partial charge in [-0.05, 0) is 70.6 Å². The normalized spacial score (nSPS) is 13.0. The molecule has 0 aliphatic carbocycles. The summed E-state index contributed by atoms with van der Waals surface area (Å²) in [5.74, 6) is -2.28. The molecule has 0 N–H and O–H groups in total. The molecule has 9 nitrogen and oxygen atoms in total. The van der Waals surface area contributed by atoms with Gasteiger partial charge in [-0.3, -0.25) is 9.59 Å². The van der Waals surface area contributed by atoms with Gasteiger partial charge in [0.15, 0.2) is 12.4 Å². The van der Waals surface area contributed by atoms with Gasteiger partial charge in [-0.1, -0.05) is 243 Å². The SMILES string of the molecule is CCCCCC/C=C\C/C=C\CCCCCCCCCC(=O)OC(COC(=O)CCCCCCCCCCCCCCCCCCC/C=C\CCCCCCCCCC)COC(OCC[N+](C)(C)C)C(=O)[O-]. The summed E-state index contributed by atoms with van der Waals surface area (Å²) in [4.78, 5) is 37.3. The highest BCUT2D eigenvalue weighted by atomic mass is 16.7. The van der Waals surface area contributed by atoms with E-state index in [1.54, 1.807) is 0 Å². The molecule has 9 heteroatoms. The molecule has 0 saturated heterocycles. The highest BCUT2D eigenvalue weighted by Crippen LogP contribution is 2.17. The Morgan fingerprint density at radius 3 is 1.12 bits per heavy atom. The fourth-order valence-corrected chi connectivity index (χ4v) is 8.86. The lowest BCUT2D eigenvalue weighted by Crippen LogP contribution is -2.44. The third kappa shape index (κ3) is 55.3. The monoisotopic (exact) mass is 1020 g/mol. The van der Waals surface area contributed by atoms with Crippen molar-refractivity contribution in [2.75, 3.05) is 47.5 Å². The fraction of sp³-hybridized carbons (Fsp3) is 0.857. The Kier molecular flexibility index (Phi) is 52.9. The number of quaternary nitrogens is 1. The first-order valence-electron chi connectivity index (χ1n) is 30.6. The Balaban J connectivity index is 4.13. The molecule has 2 unspecified atom stereocenters. The molecule has 0 fully saturated rings. The molecular formula is C63H117NO8. The zero-order valence-corrected chi connectivity index (χ0v) is 48.1. The highest BCUT2D eigenvalue weighted by molar-refractivity contribution is 5.70. The standard InChI is InChI=1S/C63H117NO8/c1-6-8-10-12-14-16-18-20-22-24-26-27-28-29-30-31-32-33-34-35-36-38-39-41-43-45-47-49-51-53-60(65)70-57-59(58-71-63(62(67)68)69-56-55-64(3,4)5)72-61(66)54-52-50-48-46-44-42-40-37-25-23-21-19-17-15-13-11-9-7-2/h17,19,23-26,59,63H,6-16,18,20-22,27-58H2,1-5H3/b19-17-,25-23-,26-24-. The maximum absolute atomic E-state index is 12.8. The van der Waals surface area contributed by atoms with E-state index >= 15 is 0 Å². The van der Waals surface area contributed by atoms with Crippen LogP contribution in [0.25, 0.3) is 0 Å². The Morgan fingerprint density at radius 1 is 0.417 bits per heavy atom. The van der Waals surface area contributed by atoms with Crippen LogP contribution in [0.5, 0.6) is 0 Å². The van der Waals surface area contributed by atoms with Crippen molar-refractivity contribution >= 4 is 17.9 Å². The predicted molar refractivity (Wildman–Crippen MR) is 302 cm³/mol. The third-order valence-electron chi connectivity index (χ3n) is 13.6. The third-order valence-corrected chi connectivity index (χ3v) is 13.6. The number of ether oxygens (including phenoxy) is 4. The second-order valence-corrected chi connectivity index (χ2v) is 22.0. The summed E-state index contributed by atoms with van der Waals surface area (Å²) in [5, 5.41) is 11.8. The molecule has 0 spiro atoms. The molecule has 0 saturated carbocycles. The van der Waals surface area contributed by atoms with E-state index in [0.717, 1.165) is 51.4 Å². The van der Waals surface area contributed by atoms with E-state index in [9.17, 15) is 19.5 Å². The number of nitrogens with zero attached hydrogens (tertiary/aromatic N) is 1. The summed E-state index contributed by atoms with van der Waals surface area (Å²) in [7, 11) is 5.93. The molecule has 0 aromatic heterocycles. The van der Waals surface area contributed by atoms with Crippen molar-refractivity contribution in [3.8, 4) is 0 Å². The van der Waals surface area contributed by atoms with Crippen LogP contribution in [-0.2, 0) is 33.3 Å². The lowest BCUT2D eigenvalue weighted by Gasteiger charge is -2.26. The lowest BCUT2D eigenvalue weighted by molar-refractivity contribution is -0.870. The van der Waals surface area contributed by atoms with Crippen LogP contribution in [0.15, 0.2) is 36.5 Å². The van der Waals surface area contributed by atoms with E-state index in [0.29, 0.717) is 23.9 Å². The van der Waals surface area contributed by atoms with E-state index in [1.165, 1.54) is 205 Å². The van der Waals surface area contributed by atoms with Gasteiger partial charge in [0.2, 0.25) is 0 Å². The van der Waals surface area contributed by atoms with Gasteiger partial charge in [-0.2, -0.15) is 0 Å². The van der Waals surface area contributed by atoms with E-state index < -0.39 is 24.3 Å². The zero-order chi connectivity index (χ0) is 52.7. The molecule has 0 heterocycles. The zero-order valence-electron chi connectivity index (χ0n) is 48.1. The fourth-order valence-electron chi connectivity index (χ4n) is 8.86. The van der Waals surface area contributed by atoms with Crippen LogP contribution < -0.4 is 5.11 Å². The molecule has 72 heavy (non-hydrogen) atoms. The van der Waals surface area contributed by atoms with Crippen LogP contribution in [0.2, 0.25) is 0 Å². The van der Waals surface area contributed by atoms with E-state index in [4.69, 9.17) is 18.9 Å². The van der Waals surface area contributed by atoms with E-state index in [-0.39, 0.29) is 32.2 Å². The molecule has 0 bridgehead atoms. The minimum Gasteiger partial charge on any atom is -0.545 e. The molecule has 0 aromatic rings. The van der Waals surface area contributed by atoms with Crippen LogP contribution in [-0.4, -0.2) is 82.3 Å². The topological polar surface area (TPSA) is 111 Å². The number of unbranched alkanes of at least 4 members (excludes halogenated alkanes) is 36. The Bertz CT molecular complexity index is 1270. The molecule has 2 atom stereocenters. The number of esters is 2. The molecular weight excluding hydrogens is 899 g/mol. The first-order chi connectivity index (χ1) is 35.1. The van der Waals surface area contributed by atoms with Gasteiger partial charge in [0, 0.05) is 12.8 Å². The van der Waals surface area contributed by atoms with Gasteiger partial charge in [0.25, 0.3) is 0 Å². The quantitative estimate of drug-likeness (QED) is 0.0195. The van der Waals surface area contributed by atoms with Crippen molar-refractivity contribution in [2.24, 2.45) is 0 Å². The molecule has 0 aromatic carbocycles. The lowest BCUT2D eigenvalue weighted by atomic mass is 10.0. The van der Waals surface area contributed by atoms with Gasteiger partial charge >= 0.3 is 11.9 Å². The number of allylic oxidation sites excluding steroid dienone is 6. The molecule has 0 aliphatic heterocycles. The smallest absolute Gasteiger partial charge is 0.306 e. The number of carbonyl (C=O) groups excluding carboxylic acids is 3. The molecule has 422 valence electrons. The number of carboxylic acid groups (broad SMARTS) is 1. The molecule has 0 rings (SSSR count). The second-order valence-electron chi connectivity index (χ2n) is 22.0. The first-order valence-corrected chi connectivity index (χ1v) is 30.6. The van der Waals surface area contributed by atoms with Gasteiger partial charge in [-0.15, -0.1) is 0 Å². The number of carboxylic acids is 1. The van der Waals surface area contributed by atoms with Gasteiger partial charge in [0.05, 0.1) is 40.3 Å². The number of aliphatic carboxylic acids is 1. The number of rotatable bonds is 57. The van der Waals surface area contributed by atoms with E-state index in [2.05, 4.69) is 50.3 Å². The maximum atomic E-state index is 12.8. The summed E-state index contributed by atoms with van der Waals surface area (Å²) in [6.45, 7) is 4.76. The van der Waals surface area contributed by atoms with Gasteiger partial charge in [0.1, 0.15) is 13.2 Å². The Hall–Kier alpha value is -2.49. The summed E-state index contributed by atoms with van der Waals surface area (Å²) < 4.78 is 22.7. The average molecular weight is 1020 g/mol. The largest absolute Gasteiger partial charge is 0.545 e. The number of carbonyl (C=O) groups is 3. The minimum absolute atomic E-state index is 0.147. The average Bonchev–Trinajstić information content (AvgIpc) is 3.35. The molecule has 0 aliphatic rings. The van der Waals surface area contributed by atoms with Gasteiger partial charge < -0.3 is 33.3 Å². The van der Waals surface area contributed by atoms with Gasteiger partial charge in [-0.25, -0.2) is 0 Å². The summed E-state index contributed by atoms with van der Waals surface area (Å²) in [5.41, 5.74) is 0. The van der Waals surface area contributed by atoms with Crippen LogP contribution in [0.3, 0.4) is 0 Å². The molecule has 0 amide bonds. The van der Waals surface area contributed by atoms with Crippen molar-refractivity contribution in [1.29, 1.82) is 0 Å². The summed E-state index contributed by atoms with van der Waals surface area (Å²) in [6, 6.07) is 0. The number of likely N-dealkylation sites (N-methyl/N-ethyl adjacent to an activating group) is 1. The van der Waals surface area contributed by atoms with Crippen molar-refractivity contribution < 1.29 is 42.9 Å². The Labute approximate surface area is 445 Å². The summed E-state index contributed by atoms with van der Waals surface area (Å²) in [6.07, 6.45) is 63.5. The van der Waals surface area contributed by atoms with Crippen LogP contribution in [0.4, 0.5) is 0 Å². The van der Waals surface area contributed by atoms with Crippen LogP contribution in [0.1, 0.15) is 290 Å². The van der Waals surface area contributed by atoms with Crippen molar-refractivity contribution in [2.45, 2.75) is 302 Å².